The summed E-state index contributed by atoms with van der Waals surface area (Å²) >= 11 is 0. The van der Waals surface area contributed by atoms with Crippen LogP contribution in [0, 0.1) is 0 Å². The Bertz CT molecular complexity index is 895. The Labute approximate surface area is 128 Å². The van der Waals surface area contributed by atoms with Gasteiger partial charge in [-0.3, -0.25) is 9.36 Å². The number of ether oxygens (including phenoxy) is 1. The highest BCUT2D eigenvalue weighted by Gasteiger charge is 2.30. The molecule has 0 spiro atoms. The molecule has 0 amide bonds. The standard InChI is InChI=1S/C17H18N2O3/c1-4-10-6-14(21)19-8-22-17-15-11(7-12(10)16(17)19)9(2)5-13(20)18(15)3/h5-7,13,20H,4,8H2,1-3H3. The Hall–Kier alpha value is -2.27. The first-order chi connectivity index (χ1) is 10.5. The second-order valence-electron chi connectivity index (χ2n) is 5.94. The molecule has 1 aromatic carbocycles. The van der Waals surface area contributed by atoms with Crippen LogP contribution >= 0.6 is 0 Å². The number of hydrogen-bond donors (Lipinski definition) is 1. The van der Waals surface area contributed by atoms with Gasteiger partial charge < -0.3 is 14.7 Å². The molecule has 5 heteroatoms. The van der Waals surface area contributed by atoms with Gasteiger partial charge in [0.1, 0.15) is 6.23 Å². The van der Waals surface area contributed by atoms with Crippen LogP contribution in [-0.4, -0.2) is 22.9 Å². The molecule has 5 nitrogen and oxygen atoms in total. The van der Waals surface area contributed by atoms with Crippen molar-refractivity contribution < 1.29 is 9.84 Å². The van der Waals surface area contributed by atoms with E-state index in [1.165, 1.54) is 0 Å². The summed E-state index contributed by atoms with van der Waals surface area (Å²) in [5.74, 6) is 0.703. The van der Waals surface area contributed by atoms with E-state index in [-0.39, 0.29) is 12.3 Å². The molecule has 0 radical (unpaired) electrons. The summed E-state index contributed by atoms with van der Waals surface area (Å²) in [6.07, 6.45) is 1.95. The van der Waals surface area contributed by atoms with E-state index in [2.05, 4.69) is 13.0 Å². The average molecular weight is 298 g/mol. The van der Waals surface area contributed by atoms with E-state index in [1.807, 2.05) is 20.0 Å². The van der Waals surface area contributed by atoms with Crippen molar-refractivity contribution in [2.24, 2.45) is 0 Å². The maximum absolute atomic E-state index is 12.3. The summed E-state index contributed by atoms with van der Waals surface area (Å²) in [6, 6.07) is 3.82. The first-order valence-corrected chi connectivity index (χ1v) is 7.48. The third-order valence-electron chi connectivity index (χ3n) is 4.70. The second kappa shape index (κ2) is 4.36. The fraction of sp³-hybridized carbons (Fsp3) is 0.353. The van der Waals surface area contributed by atoms with Crippen LogP contribution in [0.25, 0.3) is 16.5 Å². The third-order valence-corrected chi connectivity index (χ3v) is 4.70. The molecule has 3 heterocycles. The van der Waals surface area contributed by atoms with Gasteiger partial charge >= 0.3 is 0 Å². The first kappa shape index (κ1) is 13.4. The van der Waals surface area contributed by atoms with E-state index in [9.17, 15) is 9.90 Å². The lowest BCUT2D eigenvalue weighted by Gasteiger charge is -2.32. The fourth-order valence-electron chi connectivity index (χ4n) is 3.46. The summed E-state index contributed by atoms with van der Waals surface area (Å²) in [7, 11) is 1.84. The molecular formula is C17H18N2O3. The van der Waals surface area contributed by atoms with Gasteiger partial charge in [0.2, 0.25) is 0 Å². The monoisotopic (exact) mass is 298 g/mol. The number of aliphatic hydroxyl groups is 1. The highest BCUT2D eigenvalue weighted by atomic mass is 16.5. The highest BCUT2D eigenvalue weighted by Crippen LogP contribution is 2.47. The number of aromatic nitrogens is 1. The minimum atomic E-state index is -0.681. The lowest BCUT2D eigenvalue weighted by molar-refractivity contribution is 0.219. The topological polar surface area (TPSA) is 54.7 Å². The number of pyridine rings is 1. The van der Waals surface area contributed by atoms with E-state index < -0.39 is 6.23 Å². The number of aliphatic hydroxyl groups excluding tert-OH is 1. The minimum Gasteiger partial charge on any atom is -0.468 e. The number of hydrogen-bond acceptors (Lipinski definition) is 4. The van der Waals surface area contributed by atoms with Gasteiger partial charge in [-0.25, -0.2) is 0 Å². The quantitative estimate of drug-likeness (QED) is 0.876. The summed E-state index contributed by atoms with van der Waals surface area (Å²) in [5, 5.41) is 11.2. The van der Waals surface area contributed by atoms with Crippen LogP contribution in [0.2, 0.25) is 0 Å². The molecule has 1 N–H and O–H groups in total. The van der Waals surface area contributed by atoms with Crippen LogP contribution in [0.4, 0.5) is 5.69 Å². The minimum absolute atomic E-state index is 0.0330. The van der Waals surface area contributed by atoms with E-state index in [1.54, 1.807) is 15.5 Å². The lowest BCUT2D eigenvalue weighted by Crippen LogP contribution is -2.33. The predicted molar refractivity (Wildman–Crippen MR) is 86.3 cm³/mol. The van der Waals surface area contributed by atoms with E-state index in [0.717, 1.165) is 39.7 Å². The largest absolute Gasteiger partial charge is 0.468 e. The Morgan fingerprint density at radius 2 is 2.18 bits per heavy atom. The van der Waals surface area contributed by atoms with Crippen LogP contribution in [0.1, 0.15) is 25.0 Å². The molecule has 0 fully saturated rings. The second-order valence-corrected chi connectivity index (χ2v) is 5.94. The van der Waals surface area contributed by atoms with Gasteiger partial charge in [0.15, 0.2) is 12.5 Å². The maximum atomic E-state index is 12.3. The molecule has 114 valence electrons. The number of likely N-dealkylation sites (N-methyl/N-ethyl adjacent to an activating group) is 1. The normalized spacial score (nSPS) is 19.2. The molecule has 0 saturated heterocycles. The van der Waals surface area contributed by atoms with Crippen molar-refractivity contribution >= 4 is 22.2 Å². The molecule has 1 aromatic heterocycles. The molecule has 0 bridgehead atoms. The zero-order chi connectivity index (χ0) is 15.6. The van der Waals surface area contributed by atoms with Crippen LogP contribution in [0.5, 0.6) is 5.75 Å². The van der Waals surface area contributed by atoms with Crippen molar-refractivity contribution in [2.45, 2.75) is 33.2 Å². The molecule has 4 rings (SSSR count). The molecule has 2 aromatic rings. The van der Waals surface area contributed by atoms with Crippen LogP contribution in [0.3, 0.4) is 0 Å². The van der Waals surface area contributed by atoms with Gasteiger partial charge in [-0.2, -0.15) is 0 Å². The number of aryl methyl sites for hydroxylation is 1. The van der Waals surface area contributed by atoms with E-state index in [0.29, 0.717) is 5.75 Å². The zero-order valence-corrected chi connectivity index (χ0v) is 12.9. The summed E-state index contributed by atoms with van der Waals surface area (Å²) in [6.45, 7) is 4.27. The molecular weight excluding hydrogens is 280 g/mol. The number of nitrogens with zero attached hydrogens (tertiary/aromatic N) is 2. The Morgan fingerprint density at radius 1 is 1.41 bits per heavy atom. The van der Waals surface area contributed by atoms with Crippen molar-refractivity contribution in [1.29, 1.82) is 0 Å². The van der Waals surface area contributed by atoms with Crippen LogP contribution < -0.4 is 15.2 Å². The predicted octanol–water partition coefficient (Wildman–Crippen LogP) is 2.09. The van der Waals surface area contributed by atoms with Gasteiger partial charge in [-0.15, -0.1) is 0 Å². The highest BCUT2D eigenvalue weighted by molar-refractivity contribution is 6.00. The Kier molecular flexibility index (Phi) is 2.66. The third kappa shape index (κ3) is 1.54. The molecule has 1 unspecified atom stereocenters. The molecule has 22 heavy (non-hydrogen) atoms. The fourth-order valence-corrected chi connectivity index (χ4v) is 3.46. The molecule has 2 aliphatic heterocycles. The van der Waals surface area contributed by atoms with E-state index in [4.69, 9.17) is 4.74 Å². The van der Waals surface area contributed by atoms with Crippen molar-refractivity contribution in [3.05, 3.63) is 39.7 Å². The summed E-state index contributed by atoms with van der Waals surface area (Å²) in [4.78, 5) is 14.1. The molecule has 0 saturated carbocycles. The molecule has 2 aliphatic rings. The molecule has 1 atom stereocenters. The van der Waals surface area contributed by atoms with Crippen molar-refractivity contribution in [3.8, 4) is 5.75 Å². The zero-order valence-electron chi connectivity index (χ0n) is 12.9. The van der Waals surface area contributed by atoms with Crippen molar-refractivity contribution in [3.63, 3.8) is 0 Å². The van der Waals surface area contributed by atoms with Gasteiger partial charge in [0, 0.05) is 24.1 Å². The number of anilines is 1. The number of fused-ring (bicyclic) bond motifs is 2. The number of allylic oxidation sites excluding steroid dienone is 1. The maximum Gasteiger partial charge on any atom is 0.254 e. The molecule has 0 aliphatic carbocycles. The number of benzene rings is 1. The van der Waals surface area contributed by atoms with E-state index >= 15 is 0 Å². The lowest BCUT2D eigenvalue weighted by atomic mass is 9.94. The van der Waals surface area contributed by atoms with Gasteiger partial charge in [0.05, 0.1) is 11.2 Å². The number of rotatable bonds is 1. The first-order valence-electron chi connectivity index (χ1n) is 7.48. The smallest absolute Gasteiger partial charge is 0.254 e. The SMILES string of the molecule is CCc1cc(=O)n2c3c(c4c(cc13)C(C)=CC(O)N4C)OC2. The average Bonchev–Trinajstić information content (AvgIpc) is 2.94. The van der Waals surface area contributed by atoms with Gasteiger partial charge in [0.25, 0.3) is 5.56 Å². The van der Waals surface area contributed by atoms with Gasteiger partial charge in [-0.05, 0) is 36.6 Å². The van der Waals surface area contributed by atoms with Crippen LogP contribution in [0.15, 0.2) is 23.0 Å². The van der Waals surface area contributed by atoms with Crippen molar-refractivity contribution in [2.75, 3.05) is 11.9 Å². The van der Waals surface area contributed by atoms with Crippen molar-refractivity contribution in [1.82, 2.24) is 4.57 Å². The Balaban J connectivity index is 2.19. The van der Waals surface area contributed by atoms with Gasteiger partial charge in [-0.1, -0.05) is 6.92 Å². The summed E-state index contributed by atoms with van der Waals surface area (Å²) < 4.78 is 7.51. The van der Waals surface area contributed by atoms with Crippen LogP contribution in [-0.2, 0) is 13.2 Å². The Morgan fingerprint density at radius 3 is 2.91 bits per heavy atom. The summed E-state index contributed by atoms with van der Waals surface area (Å²) in [5.41, 5.74) is 4.78.